The van der Waals surface area contributed by atoms with E-state index in [1.54, 1.807) is 0 Å². The van der Waals surface area contributed by atoms with E-state index < -0.39 is 0 Å². The molecule has 27 heavy (non-hydrogen) atoms. The molecular weight excluding hydrogens is 558 g/mol. The van der Waals surface area contributed by atoms with Gasteiger partial charge in [-0.25, -0.2) is 0 Å². The van der Waals surface area contributed by atoms with Crippen molar-refractivity contribution >= 4 is 58.1 Å². The molecule has 0 radical (unpaired) electrons. The number of fused-ring (bicyclic) bond motifs is 4. The Bertz CT molecular complexity index is 957. The predicted octanol–water partition coefficient (Wildman–Crippen LogP) is 1.39. The molecule has 3 aromatic carbocycles. The number of alkyl halides is 1. The summed E-state index contributed by atoms with van der Waals surface area (Å²) in [4.78, 5) is 1.36. The standard InChI is InChI=1S/C13H9.C8H6BrS.2ClH.S.Zr/c1-3-7-12-10(5-1)9-11-6-2-4-8-13(11)12;1-5-2-6-4-8(9)10-7(6)3-5;;;;/h1-9H;2-3,8H,1H3;2*1H;;/q2*-1;;;;+2/p-2. The molecule has 1 unspecified atom stereocenters. The van der Waals surface area contributed by atoms with E-state index >= 15 is 0 Å². The molecule has 0 aromatic heterocycles. The smallest absolute Gasteiger partial charge is 0.0771 e. The Morgan fingerprint density at radius 3 is 2.00 bits per heavy atom. The summed E-state index contributed by atoms with van der Waals surface area (Å²) in [5.74, 6) is 0. The van der Waals surface area contributed by atoms with Crippen LogP contribution in [0, 0.1) is 6.08 Å². The van der Waals surface area contributed by atoms with Gasteiger partial charge in [0, 0.05) is 4.16 Å². The molecule has 0 nitrogen and oxygen atoms in total. The van der Waals surface area contributed by atoms with Crippen LogP contribution in [0.3, 0.4) is 0 Å². The maximum Gasteiger partial charge on any atom is -0.0771 e. The van der Waals surface area contributed by atoms with Crippen molar-refractivity contribution in [3.05, 3.63) is 88.9 Å². The third-order valence-corrected chi connectivity index (χ3v) is 5.72. The Hall–Kier alpha value is 0.0431. The Labute approximate surface area is 203 Å². The van der Waals surface area contributed by atoms with Crippen molar-refractivity contribution in [1.29, 1.82) is 0 Å². The van der Waals surface area contributed by atoms with Crippen LogP contribution in [0.15, 0.2) is 82.8 Å². The average molecular weight is 574 g/mol. The number of thioether (sulfide) groups is 1. The van der Waals surface area contributed by atoms with E-state index in [2.05, 4.69) is 105 Å². The second-order valence-electron chi connectivity index (χ2n) is 5.71. The maximum atomic E-state index is 4.17. The van der Waals surface area contributed by atoms with E-state index in [9.17, 15) is 0 Å². The fourth-order valence-corrected chi connectivity index (χ4v) is 4.76. The fraction of sp³-hybridized carbons (Fsp3) is 0.0952. The normalized spacial score (nSPS) is 16.4. The molecule has 0 bridgehead atoms. The maximum absolute atomic E-state index is 4.17. The van der Waals surface area contributed by atoms with Crippen LogP contribution in [-0.2, 0) is 22.7 Å². The molecule has 1 atom stereocenters. The minimum Gasteiger partial charge on any atom is -0.126 e. The zero-order valence-electron chi connectivity index (χ0n) is 14.4. The third-order valence-electron chi connectivity index (χ3n) is 4.02. The van der Waals surface area contributed by atoms with E-state index in [1.165, 1.54) is 37.6 Å². The van der Waals surface area contributed by atoms with Crippen LogP contribution in [-0.4, -0.2) is 4.16 Å². The molecule has 2 aliphatic rings. The van der Waals surface area contributed by atoms with Crippen LogP contribution in [0.25, 0.3) is 21.5 Å². The third kappa shape index (κ3) is 6.01. The first kappa shape index (κ1) is 25.1. The van der Waals surface area contributed by atoms with Gasteiger partial charge in [-0.1, -0.05) is 64.2 Å². The first-order valence-corrected chi connectivity index (χ1v) is 13.0. The Balaban J connectivity index is 0.000000237. The van der Waals surface area contributed by atoms with Gasteiger partial charge < -0.3 is 24.8 Å². The van der Waals surface area contributed by atoms with Crippen molar-refractivity contribution in [2.45, 2.75) is 11.1 Å². The molecule has 3 aromatic rings. The summed E-state index contributed by atoms with van der Waals surface area (Å²) < 4.78 is 0.373. The molecule has 0 N–H and O–H groups in total. The summed E-state index contributed by atoms with van der Waals surface area (Å²) in [7, 11) is 4.17. The zero-order chi connectivity index (χ0) is 17.8. The van der Waals surface area contributed by atoms with Crippen molar-refractivity contribution in [3.8, 4) is 0 Å². The molecule has 1 aliphatic heterocycles. The van der Waals surface area contributed by atoms with Gasteiger partial charge in [-0.15, -0.1) is 51.4 Å². The number of allylic oxidation sites excluding steroid dienone is 4. The quantitative estimate of drug-likeness (QED) is 0.295. The molecule has 1 heterocycles. The van der Waals surface area contributed by atoms with Gasteiger partial charge in [0.1, 0.15) is 0 Å². The molecule has 0 saturated carbocycles. The molecule has 6 heteroatoms. The summed E-state index contributed by atoms with van der Waals surface area (Å²) in [5.41, 5.74) is 2.61. The monoisotopic (exact) mass is 570 g/mol. The van der Waals surface area contributed by atoms with Gasteiger partial charge in [-0.3, -0.25) is 0 Å². The molecule has 0 fully saturated rings. The molecule has 5 rings (SSSR count). The predicted molar refractivity (Wildman–Crippen MR) is 114 cm³/mol. The van der Waals surface area contributed by atoms with E-state index in [-0.39, 0.29) is 24.8 Å². The van der Waals surface area contributed by atoms with Crippen LogP contribution >= 0.6 is 36.5 Å². The Morgan fingerprint density at radius 2 is 1.48 bits per heavy atom. The summed E-state index contributed by atoms with van der Waals surface area (Å²) >= 11 is 6.43. The van der Waals surface area contributed by atoms with Gasteiger partial charge in [0.2, 0.25) is 0 Å². The van der Waals surface area contributed by atoms with Gasteiger partial charge >= 0.3 is 31.5 Å². The minimum atomic E-state index is 0. The number of benzene rings is 2. The number of hydrogen-bond donors (Lipinski definition) is 0. The number of hydrogen-bond acceptors (Lipinski definition) is 2. The molecule has 0 spiro atoms. The minimum absolute atomic E-state index is 0. The Morgan fingerprint density at radius 1 is 0.963 bits per heavy atom. The first-order valence-electron chi connectivity index (χ1n) is 7.79. The molecule has 1 aliphatic carbocycles. The fourth-order valence-electron chi connectivity index (χ4n) is 3.00. The molecule has 0 amide bonds. The summed E-state index contributed by atoms with van der Waals surface area (Å²) in [6, 6.07) is 19.3. The van der Waals surface area contributed by atoms with Crippen LogP contribution in [0.1, 0.15) is 6.92 Å². The van der Waals surface area contributed by atoms with E-state index in [4.69, 9.17) is 0 Å². The van der Waals surface area contributed by atoms with E-state index in [1.807, 2.05) is 11.8 Å². The second-order valence-corrected chi connectivity index (χ2v) is 8.38. The first-order chi connectivity index (χ1) is 12.2. The van der Waals surface area contributed by atoms with Gasteiger partial charge in [0.05, 0.1) is 0 Å². The Kier molecular flexibility index (Phi) is 11.1. The summed E-state index contributed by atoms with van der Waals surface area (Å²) in [6.45, 7) is 2.11. The van der Waals surface area contributed by atoms with Crippen LogP contribution in [0.4, 0.5) is 0 Å². The topological polar surface area (TPSA) is 0 Å². The van der Waals surface area contributed by atoms with Gasteiger partial charge in [-0.05, 0) is 0 Å². The van der Waals surface area contributed by atoms with Gasteiger partial charge in [0.25, 0.3) is 0 Å². The molecule has 138 valence electrons. The van der Waals surface area contributed by atoms with E-state index in [0.29, 0.717) is 4.16 Å². The summed E-state index contributed by atoms with van der Waals surface area (Å²) in [6.07, 6.45) is 7.67. The van der Waals surface area contributed by atoms with Crippen molar-refractivity contribution in [3.63, 3.8) is 0 Å². The van der Waals surface area contributed by atoms with Crippen molar-refractivity contribution in [2.24, 2.45) is 0 Å². The average Bonchev–Trinajstić information content (AvgIpc) is 3.27. The van der Waals surface area contributed by atoms with E-state index in [0.717, 1.165) is 22.7 Å². The number of rotatable bonds is 0. The van der Waals surface area contributed by atoms with Crippen LogP contribution in [0.2, 0.25) is 0 Å². The van der Waals surface area contributed by atoms with Gasteiger partial charge in [0.15, 0.2) is 0 Å². The van der Waals surface area contributed by atoms with Crippen molar-refractivity contribution in [1.82, 2.24) is 0 Å². The number of halogens is 3. The zero-order valence-corrected chi connectivity index (χ0v) is 21.6. The SMILES string of the molecule is CC1=CC2=[C-]C(Br)SC2=C1.[Cl-].[Cl-].[S]=[Zr+2].c1ccc2c(c1)[cH-]c1ccccc12. The van der Waals surface area contributed by atoms with Crippen LogP contribution < -0.4 is 24.8 Å². The van der Waals surface area contributed by atoms with Crippen molar-refractivity contribution in [2.75, 3.05) is 0 Å². The largest absolute Gasteiger partial charge is 0.126 e. The summed E-state index contributed by atoms with van der Waals surface area (Å²) in [5, 5.41) is 5.39. The van der Waals surface area contributed by atoms with Crippen molar-refractivity contribution < 1.29 is 47.5 Å². The second kappa shape index (κ2) is 11.9. The molecular formula is C21H15BrCl2S2Zr-2. The molecule has 0 saturated heterocycles. The van der Waals surface area contributed by atoms with Crippen LogP contribution in [0.5, 0.6) is 0 Å². The van der Waals surface area contributed by atoms with Gasteiger partial charge in [-0.2, -0.15) is 29.5 Å².